The number of nitrogens with zero attached hydrogens (tertiary/aromatic N) is 1. The normalized spacial score (nSPS) is 10.4. The highest BCUT2D eigenvalue weighted by Gasteiger charge is 2.11. The summed E-state index contributed by atoms with van der Waals surface area (Å²) in [6.45, 7) is 0. The average molecular weight is 361 g/mol. The molecular formula is C16H12FN3O2S2. The maximum absolute atomic E-state index is 12.8. The van der Waals surface area contributed by atoms with Gasteiger partial charge < -0.3 is 5.32 Å². The first-order valence-electron chi connectivity index (χ1n) is 6.93. The number of aromatic nitrogens is 1. The Morgan fingerprint density at radius 2 is 1.88 bits per heavy atom. The van der Waals surface area contributed by atoms with Crippen LogP contribution in [0.3, 0.4) is 0 Å². The van der Waals surface area contributed by atoms with Crippen molar-refractivity contribution in [2.24, 2.45) is 0 Å². The van der Waals surface area contributed by atoms with Crippen molar-refractivity contribution in [2.75, 3.05) is 10.6 Å². The number of rotatable bonds is 5. The number of carbonyl (C=O) groups excluding carboxylic acids is 2. The number of amides is 2. The van der Waals surface area contributed by atoms with Crippen LogP contribution in [-0.2, 0) is 11.2 Å². The van der Waals surface area contributed by atoms with Gasteiger partial charge in [-0.15, -0.1) is 11.3 Å². The molecule has 8 heteroatoms. The van der Waals surface area contributed by atoms with Crippen molar-refractivity contribution in [3.05, 3.63) is 63.5 Å². The maximum atomic E-state index is 12.8. The molecule has 0 aliphatic carbocycles. The lowest BCUT2D eigenvalue weighted by Crippen LogP contribution is -2.15. The second-order valence-corrected chi connectivity index (χ2v) is 6.48. The number of anilines is 2. The summed E-state index contributed by atoms with van der Waals surface area (Å²) in [5.41, 5.74) is 1.65. The first-order valence-corrected chi connectivity index (χ1v) is 8.76. The molecule has 2 heterocycles. The van der Waals surface area contributed by atoms with Gasteiger partial charge in [-0.2, -0.15) is 11.3 Å². The lowest BCUT2D eigenvalue weighted by atomic mass is 10.3. The number of benzene rings is 1. The fourth-order valence-electron chi connectivity index (χ4n) is 1.91. The van der Waals surface area contributed by atoms with Crippen LogP contribution in [0, 0.1) is 5.82 Å². The molecular weight excluding hydrogens is 349 g/mol. The van der Waals surface area contributed by atoms with E-state index in [9.17, 15) is 14.0 Å². The van der Waals surface area contributed by atoms with Crippen molar-refractivity contribution in [3.63, 3.8) is 0 Å². The minimum absolute atomic E-state index is 0.0716. The summed E-state index contributed by atoms with van der Waals surface area (Å²) >= 11 is 2.70. The standard InChI is InChI=1S/C16H12FN3O2S2/c17-11-1-3-12(4-2-11)18-14(21)7-13-9-24-16(19-13)20-15(22)10-5-6-23-8-10/h1-6,8-9H,7H2,(H,18,21)(H,19,20,22). The monoisotopic (exact) mass is 361 g/mol. The fourth-order valence-corrected chi connectivity index (χ4v) is 3.25. The van der Waals surface area contributed by atoms with Crippen molar-refractivity contribution in [1.82, 2.24) is 4.98 Å². The summed E-state index contributed by atoms with van der Waals surface area (Å²) in [5, 5.41) is 11.1. The van der Waals surface area contributed by atoms with E-state index in [0.717, 1.165) is 0 Å². The van der Waals surface area contributed by atoms with Crippen molar-refractivity contribution in [1.29, 1.82) is 0 Å². The number of hydrogen-bond donors (Lipinski definition) is 2. The van der Waals surface area contributed by atoms with Gasteiger partial charge >= 0.3 is 0 Å². The topological polar surface area (TPSA) is 71.1 Å². The van der Waals surface area contributed by atoms with Gasteiger partial charge in [0.2, 0.25) is 5.91 Å². The van der Waals surface area contributed by atoms with Crippen LogP contribution < -0.4 is 10.6 Å². The Hall–Kier alpha value is -2.58. The minimum atomic E-state index is -0.362. The van der Waals surface area contributed by atoms with Gasteiger partial charge in [0.15, 0.2) is 5.13 Å². The number of thiophene rings is 1. The summed E-state index contributed by atoms with van der Waals surface area (Å²) < 4.78 is 12.8. The highest BCUT2D eigenvalue weighted by Crippen LogP contribution is 2.18. The number of carbonyl (C=O) groups is 2. The molecule has 0 aliphatic rings. The van der Waals surface area contributed by atoms with Crippen molar-refractivity contribution in [3.8, 4) is 0 Å². The second kappa shape index (κ2) is 7.33. The van der Waals surface area contributed by atoms with Gasteiger partial charge in [0.05, 0.1) is 17.7 Å². The first kappa shape index (κ1) is 16.3. The lowest BCUT2D eigenvalue weighted by molar-refractivity contribution is -0.115. The molecule has 5 nitrogen and oxygen atoms in total. The van der Waals surface area contributed by atoms with Gasteiger partial charge in [-0.3, -0.25) is 14.9 Å². The third-order valence-corrected chi connectivity index (χ3v) is 4.51. The SMILES string of the molecule is O=C(Cc1csc(NC(=O)c2ccsc2)n1)Nc1ccc(F)cc1. The fraction of sp³-hybridized carbons (Fsp3) is 0.0625. The average Bonchev–Trinajstić information content (AvgIpc) is 3.21. The highest BCUT2D eigenvalue weighted by atomic mass is 32.1. The molecule has 1 aromatic carbocycles. The van der Waals surface area contributed by atoms with E-state index in [0.29, 0.717) is 22.1 Å². The van der Waals surface area contributed by atoms with Gasteiger partial charge in [-0.25, -0.2) is 9.37 Å². The Morgan fingerprint density at radius 1 is 1.08 bits per heavy atom. The van der Waals surface area contributed by atoms with E-state index >= 15 is 0 Å². The van der Waals surface area contributed by atoms with Crippen LogP contribution in [0.1, 0.15) is 16.1 Å². The predicted molar refractivity (Wildman–Crippen MR) is 93.1 cm³/mol. The lowest BCUT2D eigenvalue weighted by Gasteiger charge is -2.03. The molecule has 0 bridgehead atoms. The molecule has 3 aromatic rings. The van der Waals surface area contributed by atoms with E-state index in [-0.39, 0.29) is 24.1 Å². The largest absolute Gasteiger partial charge is 0.326 e. The van der Waals surface area contributed by atoms with Gasteiger partial charge in [-0.1, -0.05) is 0 Å². The Labute approximate surface area is 145 Å². The maximum Gasteiger partial charge on any atom is 0.258 e. The summed E-state index contributed by atoms with van der Waals surface area (Å²) in [6.07, 6.45) is 0.0716. The molecule has 122 valence electrons. The van der Waals surface area contributed by atoms with Crippen molar-refractivity contribution < 1.29 is 14.0 Å². The molecule has 2 amide bonds. The molecule has 3 rings (SSSR count). The summed E-state index contributed by atoms with van der Waals surface area (Å²) in [7, 11) is 0. The minimum Gasteiger partial charge on any atom is -0.326 e. The van der Waals surface area contributed by atoms with Crippen LogP contribution >= 0.6 is 22.7 Å². The Morgan fingerprint density at radius 3 is 2.58 bits per heavy atom. The number of nitrogens with one attached hydrogen (secondary N) is 2. The Bertz CT molecular complexity index is 845. The van der Waals surface area contributed by atoms with Crippen molar-refractivity contribution >= 4 is 45.3 Å². The highest BCUT2D eigenvalue weighted by molar-refractivity contribution is 7.14. The Balaban J connectivity index is 1.56. The van der Waals surface area contributed by atoms with Gasteiger partial charge in [-0.05, 0) is 35.7 Å². The predicted octanol–water partition coefficient (Wildman–Crippen LogP) is 3.78. The molecule has 2 aromatic heterocycles. The number of halogens is 1. The van der Waals surface area contributed by atoms with Gasteiger partial charge in [0.25, 0.3) is 5.91 Å². The molecule has 0 unspecified atom stereocenters. The van der Waals surface area contributed by atoms with E-state index < -0.39 is 0 Å². The summed E-state index contributed by atoms with van der Waals surface area (Å²) in [4.78, 5) is 28.1. The van der Waals surface area contributed by atoms with Gasteiger partial charge in [0, 0.05) is 16.4 Å². The molecule has 0 spiro atoms. The zero-order valence-electron chi connectivity index (χ0n) is 12.3. The molecule has 0 saturated carbocycles. The zero-order chi connectivity index (χ0) is 16.9. The first-order chi connectivity index (χ1) is 11.6. The molecule has 0 atom stereocenters. The van der Waals surface area contributed by atoms with Gasteiger partial charge in [0.1, 0.15) is 5.82 Å². The number of hydrogen-bond acceptors (Lipinski definition) is 5. The second-order valence-electron chi connectivity index (χ2n) is 4.84. The molecule has 2 N–H and O–H groups in total. The third kappa shape index (κ3) is 4.24. The molecule has 0 aliphatic heterocycles. The van der Waals surface area contributed by atoms with Crippen LogP contribution in [0.5, 0.6) is 0 Å². The molecule has 24 heavy (non-hydrogen) atoms. The van der Waals surface area contributed by atoms with E-state index in [2.05, 4.69) is 15.6 Å². The summed E-state index contributed by atoms with van der Waals surface area (Å²) in [6, 6.07) is 7.25. The molecule has 0 fully saturated rings. The van der Waals surface area contributed by atoms with Crippen LogP contribution in [0.2, 0.25) is 0 Å². The van der Waals surface area contributed by atoms with Crippen molar-refractivity contribution in [2.45, 2.75) is 6.42 Å². The smallest absolute Gasteiger partial charge is 0.258 e. The van der Waals surface area contributed by atoms with E-state index in [1.165, 1.54) is 46.9 Å². The van der Waals surface area contributed by atoms with Crippen LogP contribution in [0.25, 0.3) is 0 Å². The Kier molecular flexibility index (Phi) is 4.97. The number of thiazole rings is 1. The molecule has 0 saturated heterocycles. The summed E-state index contributed by atoms with van der Waals surface area (Å²) in [5.74, 6) is -0.853. The zero-order valence-corrected chi connectivity index (χ0v) is 13.9. The third-order valence-electron chi connectivity index (χ3n) is 3.03. The van der Waals surface area contributed by atoms with E-state index in [1.54, 1.807) is 16.8 Å². The van der Waals surface area contributed by atoms with Crippen LogP contribution in [0.15, 0.2) is 46.5 Å². The molecule has 0 radical (unpaired) electrons. The van der Waals surface area contributed by atoms with Crippen LogP contribution in [-0.4, -0.2) is 16.8 Å². The van der Waals surface area contributed by atoms with E-state index in [4.69, 9.17) is 0 Å². The van der Waals surface area contributed by atoms with E-state index in [1.807, 2.05) is 5.38 Å². The quantitative estimate of drug-likeness (QED) is 0.726. The van der Waals surface area contributed by atoms with Crippen LogP contribution in [0.4, 0.5) is 15.2 Å².